The predicted molar refractivity (Wildman–Crippen MR) is 97.8 cm³/mol. The Morgan fingerprint density at radius 2 is 2.19 bits per heavy atom. The van der Waals surface area contributed by atoms with Crippen LogP contribution in [0.3, 0.4) is 0 Å². The molecule has 2 N–H and O–H groups in total. The van der Waals surface area contributed by atoms with E-state index in [0.717, 1.165) is 12.8 Å². The topological polar surface area (TPSA) is 83.8 Å². The van der Waals surface area contributed by atoms with Gasteiger partial charge in [0, 0.05) is 24.2 Å². The second kappa shape index (κ2) is 8.14. The molecule has 2 aromatic rings. The Hall–Kier alpha value is -2.67. The molecule has 26 heavy (non-hydrogen) atoms. The SMILES string of the molecule is COc1ccc(Cl)cc1NC(=O)N[C@H]1CCCN(C(=O)c2ccco2)C1. The average Bonchev–Trinajstić information content (AvgIpc) is 3.16. The summed E-state index contributed by atoms with van der Waals surface area (Å²) >= 11 is 5.97. The summed E-state index contributed by atoms with van der Waals surface area (Å²) in [7, 11) is 1.52. The van der Waals surface area contributed by atoms with Crippen molar-refractivity contribution in [1.29, 1.82) is 0 Å². The van der Waals surface area contributed by atoms with Gasteiger partial charge in [-0.1, -0.05) is 11.6 Å². The number of furan rings is 1. The number of anilines is 1. The van der Waals surface area contributed by atoms with Crippen molar-refractivity contribution < 1.29 is 18.7 Å². The summed E-state index contributed by atoms with van der Waals surface area (Å²) in [5.41, 5.74) is 0.483. The number of nitrogens with zero attached hydrogens (tertiary/aromatic N) is 1. The van der Waals surface area contributed by atoms with E-state index in [1.54, 1.807) is 35.2 Å². The molecule has 0 bridgehead atoms. The van der Waals surface area contributed by atoms with Crippen LogP contribution in [0.2, 0.25) is 5.02 Å². The highest BCUT2D eigenvalue weighted by atomic mass is 35.5. The number of carbonyl (C=O) groups excluding carboxylic acids is 2. The number of rotatable bonds is 4. The summed E-state index contributed by atoms with van der Waals surface area (Å²) in [5.74, 6) is 0.653. The normalized spacial score (nSPS) is 16.8. The number of carbonyl (C=O) groups is 2. The molecule has 3 amide bonds. The number of urea groups is 1. The van der Waals surface area contributed by atoms with Crippen molar-refractivity contribution in [3.8, 4) is 5.75 Å². The molecule has 0 saturated carbocycles. The number of halogens is 1. The Labute approximate surface area is 156 Å². The van der Waals surface area contributed by atoms with Gasteiger partial charge >= 0.3 is 6.03 Å². The summed E-state index contributed by atoms with van der Waals surface area (Å²) in [5, 5.41) is 6.13. The lowest BCUT2D eigenvalue weighted by atomic mass is 10.1. The van der Waals surface area contributed by atoms with Crippen LogP contribution in [-0.2, 0) is 0 Å². The molecule has 0 aliphatic carbocycles. The minimum Gasteiger partial charge on any atom is -0.495 e. The van der Waals surface area contributed by atoms with Crippen molar-refractivity contribution in [2.45, 2.75) is 18.9 Å². The summed E-state index contributed by atoms with van der Waals surface area (Å²) in [6.07, 6.45) is 3.07. The van der Waals surface area contributed by atoms with Crippen molar-refractivity contribution >= 4 is 29.2 Å². The highest BCUT2D eigenvalue weighted by molar-refractivity contribution is 6.31. The maximum absolute atomic E-state index is 12.4. The van der Waals surface area contributed by atoms with Crippen molar-refractivity contribution in [1.82, 2.24) is 10.2 Å². The number of nitrogens with one attached hydrogen (secondary N) is 2. The fraction of sp³-hybridized carbons (Fsp3) is 0.333. The largest absolute Gasteiger partial charge is 0.495 e. The van der Waals surface area contributed by atoms with Crippen molar-refractivity contribution in [3.63, 3.8) is 0 Å². The van der Waals surface area contributed by atoms with Crippen LogP contribution in [0.4, 0.5) is 10.5 Å². The average molecular weight is 378 g/mol. The first kappa shape index (κ1) is 18.1. The molecule has 1 aromatic carbocycles. The summed E-state index contributed by atoms with van der Waals surface area (Å²) in [6, 6.07) is 7.78. The van der Waals surface area contributed by atoms with Crippen LogP contribution >= 0.6 is 11.6 Å². The van der Waals surface area contributed by atoms with Crippen LogP contribution in [0, 0.1) is 0 Å². The third-order valence-corrected chi connectivity index (χ3v) is 4.42. The zero-order valence-corrected chi connectivity index (χ0v) is 15.1. The van der Waals surface area contributed by atoms with Gasteiger partial charge in [-0.3, -0.25) is 4.79 Å². The molecule has 138 valence electrons. The molecule has 0 unspecified atom stereocenters. The number of ether oxygens (including phenoxy) is 1. The summed E-state index contributed by atoms with van der Waals surface area (Å²) in [4.78, 5) is 26.4. The van der Waals surface area contributed by atoms with Crippen LogP contribution in [0.15, 0.2) is 41.0 Å². The molecule has 1 fully saturated rings. The standard InChI is InChI=1S/C18H20ClN3O4/c1-25-15-7-6-12(19)10-14(15)21-18(24)20-13-4-2-8-22(11-13)17(23)16-5-3-9-26-16/h3,5-7,9-10,13H,2,4,8,11H2,1H3,(H2,20,21,24)/t13-/m0/s1. The summed E-state index contributed by atoms with van der Waals surface area (Å²) < 4.78 is 10.4. The number of piperidine rings is 1. The lowest BCUT2D eigenvalue weighted by Gasteiger charge is -2.32. The van der Waals surface area contributed by atoms with Crippen molar-refractivity contribution in [2.75, 3.05) is 25.5 Å². The van der Waals surface area contributed by atoms with Gasteiger partial charge in [-0.05, 0) is 43.2 Å². The second-order valence-electron chi connectivity index (χ2n) is 6.01. The Balaban J connectivity index is 1.59. The third kappa shape index (κ3) is 4.29. The molecular weight excluding hydrogens is 358 g/mol. The quantitative estimate of drug-likeness (QED) is 0.855. The first-order valence-electron chi connectivity index (χ1n) is 8.30. The number of amides is 3. The maximum Gasteiger partial charge on any atom is 0.319 e. The van der Waals surface area contributed by atoms with E-state index >= 15 is 0 Å². The third-order valence-electron chi connectivity index (χ3n) is 4.19. The maximum atomic E-state index is 12.4. The molecule has 3 rings (SSSR count). The van der Waals surface area contributed by atoms with Gasteiger partial charge in [-0.15, -0.1) is 0 Å². The molecule has 1 atom stereocenters. The van der Waals surface area contributed by atoms with Crippen LogP contribution in [-0.4, -0.2) is 43.1 Å². The summed E-state index contributed by atoms with van der Waals surface area (Å²) in [6.45, 7) is 1.07. The van der Waals surface area contributed by atoms with E-state index < -0.39 is 0 Å². The van der Waals surface area contributed by atoms with Crippen molar-refractivity contribution in [2.24, 2.45) is 0 Å². The smallest absolute Gasteiger partial charge is 0.319 e. The van der Waals surface area contributed by atoms with E-state index in [1.807, 2.05) is 0 Å². The fourth-order valence-corrected chi connectivity index (χ4v) is 3.13. The zero-order chi connectivity index (χ0) is 18.5. The molecule has 0 radical (unpaired) electrons. The zero-order valence-electron chi connectivity index (χ0n) is 14.3. The molecular formula is C18H20ClN3O4. The Kier molecular flexibility index (Phi) is 5.68. The number of hydrogen-bond acceptors (Lipinski definition) is 4. The number of hydrogen-bond donors (Lipinski definition) is 2. The van der Waals surface area contributed by atoms with E-state index in [-0.39, 0.29) is 18.0 Å². The van der Waals surface area contributed by atoms with Gasteiger partial charge in [0.2, 0.25) is 0 Å². The Morgan fingerprint density at radius 3 is 2.92 bits per heavy atom. The van der Waals surface area contributed by atoms with Gasteiger partial charge in [0.05, 0.1) is 19.1 Å². The molecule has 2 heterocycles. The van der Waals surface area contributed by atoms with Crippen LogP contribution < -0.4 is 15.4 Å². The van der Waals surface area contributed by atoms with Crippen LogP contribution in [0.1, 0.15) is 23.4 Å². The van der Waals surface area contributed by atoms with E-state index in [2.05, 4.69) is 10.6 Å². The Bertz CT molecular complexity index is 779. The van der Waals surface area contributed by atoms with Crippen LogP contribution in [0.25, 0.3) is 0 Å². The number of likely N-dealkylation sites (tertiary alicyclic amines) is 1. The van der Waals surface area contributed by atoms with E-state index in [4.69, 9.17) is 20.8 Å². The van der Waals surface area contributed by atoms with Gasteiger partial charge in [-0.25, -0.2) is 4.79 Å². The van der Waals surface area contributed by atoms with Gasteiger partial charge in [0.15, 0.2) is 5.76 Å². The molecule has 1 saturated heterocycles. The molecule has 1 aromatic heterocycles. The number of benzene rings is 1. The first-order valence-corrected chi connectivity index (χ1v) is 8.68. The highest BCUT2D eigenvalue weighted by Crippen LogP contribution is 2.27. The van der Waals surface area contributed by atoms with Gasteiger partial charge in [-0.2, -0.15) is 0 Å². The molecule has 8 heteroatoms. The lowest BCUT2D eigenvalue weighted by Crippen LogP contribution is -2.50. The van der Waals surface area contributed by atoms with E-state index in [0.29, 0.717) is 35.3 Å². The number of methoxy groups -OCH3 is 1. The molecule has 1 aliphatic rings. The minimum atomic E-state index is -0.372. The van der Waals surface area contributed by atoms with Crippen molar-refractivity contribution in [3.05, 3.63) is 47.4 Å². The Morgan fingerprint density at radius 1 is 1.35 bits per heavy atom. The predicted octanol–water partition coefficient (Wildman–Crippen LogP) is 3.37. The van der Waals surface area contributed by atoms with Gasteiger partial charge in [0.25, 0.3) is 5.91 Å². The van der Waals surface area contributed by atoms with E-state index in [9.17, 15) is 9.59 Å². The monoisotopic (exact) mass is 377 g/mol. The molecule has 1 aliphatic heterocycles. The van der Waals surface area contributed by atoms with Crippen LogP contribution in [0.5, 0.6) is 5.75 Å². The second-order valence-corrected chi connectivity index (χ2v) is 6.45. The minimum absolute atomic E-state index is 0.146. The van der Waals surface area contributed by atoms with Gasteiger partial charge in [0.1, 0.15) is 5.75 Å². The molecule has 7 nitrogen and oxygen atoms in total. The highest BCUT2D eigenvalue weighted by Gasteiger charge is 2.26. The first-order chi connectivity index (χ1) is 12.6. The van der Waals surface area contributed by atoms with Gasteiger partial charge < -0.3 is 24.7 Å². The van der Waals surface area contributed by atoms with E-state index in [1.165, 1.54) is 13.4 Å². The molecule has 0 spiro atoms. The lowest BCUT2D eigenvalue weighted by molar-refractivity contribution is 0.0666. The fourth-order valence-electron chi connectivity index (χ4n) is 2.96.